The highest BCUT2D eigenvalue weighted by molar-refractivity contribution is 7.22. The molecule has 7 heteroatoms. The smallest absolute Gasteiger partial charge is 0.261 e. The number of aryl methyl sites for hydroxylation is 1. The topological polar surface area (TPSA) is 74.4 Å². The molecule has 136 valence electrons. The molecule has 4 rings (SSSR count). The Kier molecular flexibility index (Phi) is 4.76. The average molecular weight is 371 g/mol. The van der Waals surface area contributed by atoms with Crippen molar-refractivity contribution in [1.82, 2.24) is 15.2 Å². The summed E-state index contributed by atoms with van der Waals surface area (Å²) in [6, 6.07) is 7.51. The van der Waals surface area contributed by atoms with Crippen LogP contribution >= 0.6 is 11.3 Å². The zero-order valence-corrected chi connectivity index (χ0v) is 15.4. The number of carbonyl (C=O) groups is 1. The van der Waals surface area contributed by atoms with Gasteiger partial charge in [-0.2, -0.15) is 0 Å². The van der Waals surface area contributed by atoms with E-state index in [9.17, 15) is 9.59 Å². The molecule has 0 spiro atoms. The normalized spacial score (nSPS) is 15.6. The molecule has 26 heavy (non-hydrogen) atoms. The van der Waals surface area contributed by atoms with Crippen LogP contribution in [0.2, 0.25) is 0 Å². The fourth-order valence-electron chi connectivity index (χ4n) is 3.36. The Bertz CT molecular complexity index is 1020. The summed E-state index contributed by atoms with van der Waals surface area (Å²) < 4.78 is 6.29. The largest absolute Gasteiger partial charge is 0.379 e. The van der Waals surface area contributed by atoms with Gasteiger partial charge in [0.15, 0.2) is 0 Å². The minimum absolute atomic E-state index is 0.0816. The number of fused-ring (bicyclic) bond motifs is 3. The lowest BCUT2D eigenvalue weighted by molar-refractivity contribution is 0.0383. The number of hydrogen-bond donors (Lipinski definition) is 2. The van der Waals surface area contributed by atoms with Crippen LogP contribution in [-0.4, -0.2) is 55.2 Å². The fourth-order valence-corrected chi connectivity index (χ4v) is 4.58. The number of H-pyrrole nitrogens is 1. The van der Waals surface area contributed by atoms with E-state index in [4.69, 9.17) is 4.74 Å². The zero-order valence-electron chi connectivity index (χ0n) is 14.6. The van der Waals surface area contributed by atoms with Crippen molar-refractivity contribution >= 4 is 38.2 Å². The lowest BCUT2D eigenvalue weighted by Crippen LogP contribution is -2.41. The predicted octanol–water partition coefficient (Wildman–Crippen LogP) is 2.11. The second-order valence-corrected chi connectivity index (χ2v) is 7.49. The highest BCUT2D eigenvalue weighted by Crippen LogP contribution is 2.33. The van der Waals surface area contributed by atoms with E-state index in [0.717, 1.165) is 54.0 Å². The molecular formula is C19H21N3O3S. The average Bonchev–Trinajstić information content (AvgIpc) is 3.00. The standard InChI is InChI=1S/C19H21N3O3S/c1-12-15-17(13-4-2-3-5-14(13)18(23)21-15)26-16(12)19(24)20-6-7-22-8-10-25-11-9-22/h2-5H,6-11H2,1H3,(H,20,24)(H,21,23). The van der Waals surface area contributed by atoms with Gasteiger partial charge in [-0.05, 0) is 18.6 Å². The summed E-state index contributed by atoms with van der Waals surface area (Å²) in [5, 5.41) is 4.56. The number of hydrogen-bond acceptors (Lipinski definition) is 5. The third-order valence-electron chi connectivity index (χ3n) is 4.83. The van der Waals surface area contributed by atoms with Gasteiger partial charge in [0.2, 0.25) is 0 Å². The first-order chi connectivity index (χ1) is 12.6. The van der Waals surface area contributed by atoms with E-state index in [2.05, 4.69) is 15.2 Å². The second kappa shape index (κ2) is 7.19. The summed E-state index contributed by atoms with van der Waals surface area (Å²) in [6.07, 6.45) is 0. The van der Waals surface area contributed by atoms with Gasteiger partial charge >= 0.3 is 0 Å². The number of nitrogens with zero attached hydrogens (tertiary/aromatic N) is 1. The summed E-state index contributed by atoms with van der Waals surface area (Å²) in [6.45, 7) is 6.63. The van der Waals surface area contributed by atoms with Crippen LogP contribution in [0.4, 0.5) is 0 Å². The molecule has 0 saturated carbocycles. The molecule has 0 atom stereocenters. The van der Waals surface area contributed by atoms with Gasteiger partial charge in [-0.15, -0.1) is 11.3 Å². The van der Waals surface area contributed by atoms with E-state index in [0.29, 0.717) is 16.8 Å². The minimum Gasteiger partial charge on any atom is -0.379 e. The molecule has 0 bridgehead atoms. The molecule has 1 aliphatic rings. The van der Waals surface area contributed by atoms with Crippen molar-refractivity contribution in [2.45, 2.75) is 6.92 Å². The Labute approximate surface area is 154 Å². The van der Waals surface area contributed by atoms with Crippen LogP contribution in [0.25, 0.3) is 21.0 Å². The Morgan fingerprint density at radius 1 is 1.27 bits per heavy atom. The number of aromatic nitrogens is 1. The second-order valence-electron chi connectivity index (χ2n) is 6.47. The maximum absolute atomic E-state index is 12.7. The van der Waals surface area contributed by atoms with Crippen molar-refractivity contribution in [3.05, 3.63) is 45.1 Å². The van der Waals surface area contributed by atoms with Gasteiger partial charge in [-0.1, -0.05) is 18.2 Å². The summed E-state index contributed by atoms with van der Waals surface area (Å²) >= 11 is 1.44. The molecule has 1 saturated heterocycles. The van der Waals surface area contributed by atoms with Crippen LogP contribution in [-0.2, 0) is 4.74 Å². The maximum atomic E-state index is 12.7. The first kappa shape index (κ1) is 17.2. The highest BCUT2D eigenvalue weighted by atomic mass is 32.1. The zero-order chi connectivity index (χ0) is 18.1. The SMILES string of the molecule is Cc1c(C(=O)NCCN2CCOCC2)sc2c1[nH]c(=O)c1ccccc12. The van der Waals surface area contributed by atoms with Gasteiger partial charge < -0.3 is 15.0 Å². The number of pyridine rings is 1. The van der Waals surface area contributed by atoms with Crippen LogP contribution in [0.1, 0.15) is 15.2 Å². The van der Waals surface area contributed by atoms with Gasteiger partial charge in [0, 0.05) is 37.0 Å². The highest BCUT2D eigenvalue weighted by Gasteiger charge is 2.18. The molecule has 1 fully saturated rings. The number of benzene rings is 1. The van der Waals surface area contributed by atoms with Gasteiger partial charge in [-0.3, -0.25) is 14.5 Å². The van der Waals surface area contributed by atoms with Crippen molar-refractivity contribution in [1.29, 1.82) is 0 Å². The fraction of sp³-hybridized carbons (Fsp3) is 0.368. The van der Waals surface area contributed by atoms with Crippen molar-refractivity contribution in [2.24, 2.45) is 0 Å². The number of amides is 1. The molecule has 1 aromatic carbocycles. The van der Waals surface area contributed by atoms with E-state index < -0.39 is 0 Å². The first-order valence-electron chi connectivity index (χ1n) is 8.77. The molecule has 0 unspecified atom stereocenters. The molecule has 0 radical (unpaired) electrons. The molecule has 1 amide bonds. The van der Waals surface area contributed by atoms with Gasteiger partial charge in [0.1, 0.15) is 0 Å². The number of ether oxygens (including phenoxy) is 1. The van der Waals surface area contributed by atoms with E-state index in [-0.39, 0.29) is 11.5 Å². The quantitative estimate of drug-likeness (QED) is 0.737. The Morgan fingerprint density at radius 3 is 2.77 bits per heavy atom. The monoisotopic (exact) mass is 371 g/mol. The molecule has 1 aliphatic heterocycles. The van der Waals surface area contributed by atoms with Crippen molar-refractivity contribution < 1.29 is 9.53 Å². The lowest BCUT2D eigenvalue weighted by atomic mass is 10.1. The first-order valence-corrected chi connectivity index (χ1v) is 9.59. The summed E-state index contributed by atoms with van der Waals surface area (Å²) in [5.41, 5.74) is 1.47. The van der Waals surface area contributed by atoms with Crippen LogP contribution in [0.3, 0.4) is 0 Å². The van der Waals surface area contributed by atoms with E-state index in [1.54, 1.807) is 0 Å². The predicted molar refractivity (Wildman–Crippen MR) is 104 cm³/mol. The van der Waals surface area contributed by atoms with Crippen molar-refractivity contribution in [2.75, 3.05) is 39.4 Å². The number of thiophene rings is 1. The van der Waals surface area contributed by atoms with Crippen LogP contribution < -0.4 is 10.9 Å². The molecular weight excluding hydrogens is 350 g/mol. The molecule has 2 aromatic heterocycles. The maximum Gasteiger partial charge on any atom is 0.261 e. The number of aromatic amines is 1. The van der Waals surface area contributed by atoms with Crippen molar-refractivity contribution in [3.8, 4) is 0 Å². The Hall–Kier alpha value is -2.22. The van der Waals surface area contributed by atoms with Crippen molar-refractivity contribution in [3.63, 3.8) is 0 Å². The molecule has 2 N–H and O–H groups in total. The number of nitrogens with one attached hydrogen (secondary N) is 2. The third kappa shape index (κ3) is 3.13. The van der Waals surface area contributed by atoms with Gasteiger partial charge in [-0.25, -0.2) is 0 Å². The molecule has 3 heterocycles. The van der Waals surface area contributed by atoms with E-state index >= 15 is 0 Å². The van der Waals surface area contributed by atoms with Crippen LogP contribution in [0.5, 0.6) is 0 Å². The Balaban J connectivity index is 1.58. The number of carbonyl (C=O) groups excluding carboxylic acids is 1. The Morgan fingerprint density at radius 2 is 2.00 bits per heavy atom. The van der Waals surface area contributed by atoms with Crippen LogP contribution in [0, 0.1) is 6.92 Å². The molecule has 3 aromatic rings. The van der Waals surface area contributed by atoms with Gasteiger partial charge in [0.05, 0.1) is 28.3 Å². The molecule has 0 aliphatic carbocycles. The summed E-state index contributed by atoms with van der Waals surface area (Å²) in [5.74, 6) is -0.0816. The van der Waals surface area contributed by atoms with Crippen LogP contribution in [0.15, 0.2) is 29.1 Å². The lowest BCUT2D eigenvalue weighted by Gasteiger charge is -2.26. The number of rotatable bonds is 4. The van der Waals surface area contributed by atoms with E-state index in [1.807, 2.05) is 31.2 Å². The summed E-state index contributed by atoms with van der Waals surface area (Å²) in [4.78, 5) is 30.8. The third-order valence-corrected chi connectivity index (χ3v) is 6.15. The number of morpholine rings is 1. The molecule has 6 nitrogen and oxygen atoms in total. The minimum atomic E-state index is -0.117. The summed E-state index contributed by atoms with van der Waals surface area (Å²) in [7, 11) is 0. The van der Waals surface area contributed by atoms with E-state index in [1.165, 1.54) is 11.3 Å². The van der Waals surface area contributed by atoms with Gasteiger partial charge in [0.25, 0.3) is 11.5 Å².